The lowest BCUT2D eigenvalue weighted by molar-refractivity contribution is -0.136. The van der Waals surface area contributed by atoms with E-state index in [9.17, 15) is 14.4 Å². The second kappa shape index (κ2) is 19.2. The summed E-state index contributed by atoms with van der Waals surface area (Å²) in [5.74, 6) is 2.15. The van der Waals surface area contributed by atoms with Crippen LogP contribution in [0.15, 0.2) is 34.9 Å². The molecule has 1 heterocycles. The SMILES string of the molecule is CC(C)C(=O)COC(C)(C)CCOC(C)(C)CC(=O)NCCOc1ccc(Nc2ncc(Br)c(NCCCN(C)C(=O)C3CCC3)n2)cc1. The zero-order chi connectivity index (χ0) is 36.0. The number of halogens is 1. The third-order valence-electron chi connectivity index (χ3n) is 8.37. The van der Waals surface area contributed by atoms with E-state index in [4.69, 9.17) is 14.2 Å². The van der Waals surface area contributed by atoms with E-state index >= 15 is 0 Å². The summed E-state index contributed by atoms with van der Waals surface area (Å²) in [6.45, 7) is 13.9. The molecule has 0 bridgehead atoms. The highest BCUT2D eigenvalue weighted by Crippen LogP contribution is 2.28. The minimum Gasteiger partial charge on any atom is -0.492 e. The maximum atomic E-state index is 12.5. The van der Waals surface area contributed by atoms with Crippen LogP contribution >= 0.6 is 15.9 Å². The van der Waals surface area contributed by atoms with Crippen molar-refractivity contribution < 1.29 is 28.6 Å². The van der Waals surface area contributed by atoms with Gasteiger partial charge in [-0.2, -0.15) is 4.98 Å². The minimum atomic E-state index is -0.653. The van der Waals surface area contributed by atoms with Crippen LogP contribution in [-0.4, -0.2) is 90.2 Å². The van der Waals surface area contributed by atoms with Crippen molar-refractivity contribution in [3.63, 3.8) is 0 Å². The van der Waals surface area contributed by atoms with Gasteiger partial charge >= 0.3 is 0 Å². The molecule has 1 aliphatic carbocycles. The molecule has 0 spiro atoms. The number of Topliss-reactive ketones (excluding diaryl/α,β-unsaturated/α-hetero) is 1. The summed E-state index contributed by atoms with van der Waals surface area (Å²) in [4.78, 5) is 47.5. The monoisotopic (exact) mass is 746 g/mol. The third kappa shape index (κ3) is 14.6. The van der Waals surface area contributed by atoms with Crippen LogP contribution in [0.25, 0.3) is 0 Å². The van der Waals surface area contributed by atoms with Crippen molar-refractivity contribution in [3.05, 3.63) is 34.9 Å². The second-order valence-corrected chi connectivity index (χ2v) is 15.0. The quantitative estimate of drug-likeness (QED) is 0.120. The molecule has 1 saturated carbocycles. The first-order valence-electron chi connectivity index (χ1n) is 17.2. The van der Waals surface area contributed by atoms with Crippen molar-refractivity contribution in [1.82, 2.24) is 20.2 Å². The molecule has 2 aromatic rings. The number of amides is 2. The van der Waals surface area contributed by atoms with E-state index in [0.717, 1.165) is 35.8 Å². The maximum absolute atomic E-state index is 12.5. The highest BCUT2D eigenvalue weighted by atomic mass is 79.9. The fraction of sp³-hybridized carbons (Fsp3) is 0.639. The molecule has 13 heteroatoms. The second-order valence-electron chi connectivity index (χ2n) is 14.1. The van der Waals surface area contributed by atoms with Gasteiger partial charge in [0, 0.05) is 43.9 Å². The number of carbonyl (C=O) groups is 3. The molecule has 1 aromatic heterocycles. The van der Waals surface area contributed by atoms with Crippen LogP contribution in [0.4, 0.5) is 17.5 Å². The van der Waals surface area contributed by atoms with Crippen LogP contribution in [-0.2, 0) is 23.9 Å². The molecule has 0 aliphatic heterocycles. The summed E-state index contributed by atoms with van der Waals surface area (Å²) < 4.78 is 18.3. The predicted octanol–water partition coefficient (Wildman–Crippen LogP) is 6.13. The van der Waals surface area contributed by atoms with Crippen LogP contribution in [0.3, 0.4) is 0 Å². The molecular weight excluding hydrogens is 692 g/mol. The van der Waals surface area contributed by atoms with Gasteiger partial charge in [0.2, 0.25) is 17.8 Å². The number of aromatic nitrogens is 2. The molecule has 3 rings (SSSR count). The van der Waals surface area contributed by atoms with Crippen LogP contribution in [0, 0.1) is 11.8 Å². The summed E-state index contributed by atoms with van der Waals surface area (Å²) >= 11 is 3.50. The average molecular weight is 748 g/mol. The van der Waals surface area contributed by atoms with E-state index in [2.05, 4.69) is 41.8 Å². The molecule has 0 radical (unpaired) electrons. The Bertz CT molecular complexity index is 1370. The summed E-state index contributed by atoms with van der Waals surface area (Å²) in [5.41, 5.74) is -0.356. The average Bonchev–Trinajstić information content (AvgIpc) is 3.01. The van der Waals surface area contributed by atoms with Crippen LogP contribution < -0.4 is 20.7 Å². The van der Waals surface area contributed by atoms with E-state index in [1.807, 2.05) is 77.8 Å². The van der Waals surface area contributed by atoms with Gasteiger partial charge in [-0.05, 0) is 93.6 Å². The van der Waals surface area contributed by atoms with E-state index in [0.29, 0.717) is 56.8 Å². The number of nitrogens with one attached hydrogen (secondary N) is 3. The Hall–Kier alpha value is -3.29. The highest BCUT2D eigenvalue weighted by Gasteiger charge is 2.28. The van der Waals surface area contributed by atoms with Gasteiger partial charge in [-0.1, -0.05) is 20.3 Å². The normalized spacial score (nSPS) is 13.5. The van der Waals surface area contributed by atoms with Crippen molar-refractivity contribution in [2.24, 2.45) is 11.8 Å². The lowest BCUT2D eigenvalue weighted by atomic mass is 9.84. The van der Waals surface area contributed by atoms with Gasteiger partial charge in [-0.25, -0.2) is 4.98 Å². The fourth-order valence-electron chi connectivity index (χ4n) is 4.85. The van der Waals surface area contributed by atoms with Crippen molar-refractivity contribution in [2.75, 3.05) is 57.1 Å². The Balaban J connectivity index is 1.32. The highest BCUT2D eigenvalue weighted by molar-refractivity contribution is 9.10. The molecule has 2 amide bonds. The zero-order valence-corrected chi connectivity index (χ0v) is 31.8. The first-order chi connectivity index (χ1) is 23.1. The Kier molecular flexibility index (Phi) is 15.7. The van der Waals surface area contributed by atoms with Gasteiger partial charge in [0.05, 0.1) is 35.2 Å². The smallest absolute Gasteiger partial charge is 0.229 e. The van der Waals surface area contributed by atoms with Gasteiger partial charge in [-0.15, -0.1) is 0 Å². The summed E-state index contributed by atoms with van der Waals surface area (Å²) in [6.07, 6.45) is 6.49. The number of anilines is 3. The Morgan fingerprint density at radius 1 is 1.02 bits per heavy atom. The molecule has 49 heavy (non-hydrogen) atoms. The fourth-order valence-corrected chi connectivity index (χ4v) is 5.18. The standard InChI is InChI=1S/C36H55BrN6O6/c1-25(2)30(44)24-49-35(3,4)16-20-48-36(5,6)22-31(45)38-18-21-47-28-14-12-27(13-15-28)41-34-40-23-29(37)32(42-34)39-17-9-19-43(7)33(46)26-10-8-11-26/h12-15,23,25-26H,8-11,16-22,24H2,1-7H3,(H,38,45)(H2,39,40,41,42). The molecule has 1 aliphatic rings. The number of hydrogen-bond acceptors (Lipinski definition) is 10. The number of ketones is 1. The lowest BCUT2D eigenvalue weighted by Gasteiger charge is -2.29. The molecule has 3 N–H and O–H groups in total. The molecule has 0 saturated heterocycles. The van der Waals surface area contributed by atoms with E-state index < -0.39 is 11.2 Å². The number of benzene rings is 1. The van der Waals surface area contributed by atoms with Crippen molar-refractivity contribution in [1.29, 1.82) is 0 Å². The first kappa shape index (κ1) is 40.1. The Labute approximate surface area is 300 Å². The Morgan fingerprint density at radius 2 is 1.73 bits per heavy atom. The van der Waals surface area contributed by atoms with Crippen LogP contribution in [0.1, 0.15) is 80.1 Å². The molecule has 0 atom stereocenters. The summed E-state index contributed by atoms with van der Waals surface area (Å²) in [5, 5.41) is 9.42. The van der Waals surface area contributed by atoms with Gasteiger partial charge in [0.1, 0.15) is 24.8 Å². The first-order valence-corrected chi connectivity index (χ1v) is 18.0. The van der Waals surface area contributed by atoms with E-state index in [1.54, 1.807) is 6.20 Å². The maximum Gasteiger partial charge on any atom is 0.229 e. The Morgan fingerprint density at radius 3 is 2.39 bits per heavy atom. The molecule has 12 nitrogen and oxygen atoms in total. The largest absolute Gasteiger partial charge is 0.492 e. The number of carbonyl (C=O) groups excluding carboxylic acids is 3. The number of hydrogen-bond donors (Lipinski definition) is 3. The zero-order valence-electron chi connectivity index (χ0n) is 30.2. The molecule has 1 fully saturated rings. The van der Waals surface area contributed by atoms with Gasteiger partial charge in [0.15, 0.2) is 5.78 Å². The number of ether oxygens (including phenoxy) is 3. The van der Waals surface area contributed by atoms with E-state index in [1.165, 1.54) is 0 Å². The van der Waals surface area contributed by atoms with Gasteiger partial charge in [0.25, 0.3) is 0 Å². The van der Waals surface area contributed by atoms with Crippen molar-refractivity contribution >= 4 is 51.0 Å². The molecule has 272 valence electrons. The van der Waals surface area contributed by atoms with Crippen LogP contribution in [0.2, 0.25) is 0 Å². The summed E-state index contributed by atoms with van der Waals surface area (Å²) in [6, 6.07) is 7.42. The minimum absolute atomic E-state index is 0.0560. The van der Waals surface area contributed by atoms with Gasteiger partial charge in [-0.3, -0.25) is 14.4 Å². The lowest BCUT2D eigenvalue weighted by Crippen LogP contribution is -2.37. The molecule has 0 unspecified atom stereocenters. The number of nitrogens with zero attached hydrogens (tertiary/aromatic N) is 3. The third-order valence-corrected chi connectivity index (χ3v) is 8.95. The van der Waals surface area contributed by atoms with Crippen LogP contribution in [0.5, 0.6) is 5.75 Å². The molecular formula is C36H55BrN6O6. The number of rotatable bonds is 22. The topological polar surface area (TPSA) is 144 Å². The van der Waals surface area contributed by atoms with Gasteiger partial charge < -0.3 is 35.1 Å². The van der Waals surface area contributed by atoms with Crippen molar-refractivity contribution in [3.8, 4) is 5.75 Å². The summed E-state index contributed by atoms with van der Waals surface area (Å²) in [7, 11) is 1.87. The van der Waals surface area contributed by atoms with Crippen molar-refractivity contribution in [2.45, 2.75) is 91.3 Å². The predicted molar refractivity (Wildman–Crippen MR) is 195 cm³/mol. The van der Waals surface area contributed by atoms with E-state index in [-0.39, 0.29) is 42.5 Å². The molecule has 1 aromatic carbocycles.